The highest BCUT2D eigenvalue weighted by atomic mass is 15.1. The van der Waals surface area contributed by atoms with Gasteiger partial charge in [-0.2, -0.15) is 0 Å². The number of fused-ring (bicyclic) bond motifs is 1. The predicted octanol–water partition coefficient (Wildman–Crippen LogP) is 5.17. The highest BCUT2D eigenvalue weighted by molar-refractivity contribution is 5.90. The Morgan fingerprint density at radius 1 is 0.885 bits per heavy atom. The summed E-state index contributed by atoms with van der Waals surface area (Å²) in [5, 5.41) is 4.60. The van der Waals surface area contributed by atoms with Gasteiger partial charge in [0.1, 0.15) is 5.82 Å². The number of nitrogens with one attached hydrogen (secondary N) is 1. The van der Waals surface area contributed by atoms with Crippen LogP contribution in [0.2, 0.25) is 0 Å². The van der Waals surface area contributed by atoms with E-state index in [1.54, 1.807) is 12.4 Å². The summed E-state index contributed by atoms with van der Waals surface area (Å²) in [5.41, 5.74) is 4.35. The molecule has 0 fully saturated rings. The Balaban J connectivity index is 1.79. The minimum atomic E-state index is 0.135. The molecule has 0 bridgehead atoms. The SMILES string of the molecule is Cc1ccccc1C(C)Nc1nc(-c2cccnc2)nc2ccccc12. The Bertz CT molecular complexity index is 1040. The maximum atomic E-state index is 4.80. The number of rotatable bonds is 4. The largest absolute Gasteiger partial charge is 0.363 e. The van der Waals surface area contributed by atoms with Gasteiger partial charge in [-0.3, -0.25) is 4.98 Å². The second-order valence-electron chi connectivity index (χ2n) is 6.38. The molecule has 0 saturated heterocycles. The number of aromatic nitrogens is 3. The molecule has 1 atom stereocenters. The van der Waals surface area contributed by atoms with Crippen LogP contribution in [-0.2, 0) is 0 Å². The van der Waals surface area contributed by atoms with Crippen molar-refractivity contribution in [3.8, 4) is 11.4 Å². The Morgan fingerprint density at radius 3 is 2.50 bits per heavy atom. The van der Waals surface area contributed by atoms with Gasteiger partial charge in [-0.25, -0.2) is 9.97 Å². The summed E-state index contributed by atoms with van der Waals surface area (Å²) < 4.78 is 0. The van der Waals surface area contributed by atoms with E-state index in [-0.39, 0.29) is 6.04 Å². The number of anilines is 1. The summed E-state index contributed by atoms with van der Waals surface area (Å²) in [6, 6.07) is 20.5. The zero-order valence-electron chi connectivity index (χ0n) is 14.8. The van der Waals surface area contributed by atoms with Gasteiger partial charge >= 0.3 is 0 Å². The van der Waals surface area contributed by atoms with E-state index >= 15 is 0 Å². The molecular weight excluding hydrogens is 320 g/mol. The molecule has 2 aromatic carbocycles. The molecule has 0 aliphatic rings. The van der Waals surface area contributed by atoms with E-state index in [0.717, 1.165) is 22.3 Å². The molecule has 0 saturated carbocycles. The van der Waals surface area contributed by atoms with Crippen LogP contribution in [0.25, 0.3) is 22.3 Å². The Hall–Kier alpha value is -3.27. The molecule has 2 aromatic heterocycles. The van der Waals surface area contributed by atoms with Gasteiger partial charge < -0.3 is 5.32 Å². The second kappa shape index (κ2) is 6.92. The molecule has 1 unspecified atom stereocenters. The van der Waals surface area contributed by atoms with Crippen molar-refractivity contribution in [3.63, 3.8) is 0 Å². The predicted molar refractivity (Wildman–Crippen MR) is 106 cm³/mol. The van der Waals surface area contributed by atoms with Crippen LogP contribution in [0, 0.1) is 6.92 Å². The highest BCUT2D eigenvalue weighted by Gasteiger charge is 2.13. The van der Waals surface area contributed by atoms with E-state index in [2.05, 4.69) is 54.5 Å². The first kappa shape index (κ1) is 16.2. The summed E-state index contributed by atoms with van der Waals surface area (Å²) in [7, 11) is 0. The molecule has 0 aliphatic carbocycles. The van der Waals surface area contributed by atoms with Crippen LogP contribution in [0.3, 0.4) is 0 Å². The Kier molecular flexibility index (Phi) is 4.32. The normalized spacial score (nSPS) is 12.1. The Morgan fingerprint density at radius 2 is 1.69 bits per heavy atom. The fourth-order valence-corrected chi connectivity index (χ4v) is 3.17. The van der Waals surface area contributed by atoms with Crippen molar-refractivity contribution >= 4 is 16.7 Å². The summed E-state index contributed by atoms with van der Waals surface area (Å²) in [6.07, 6.45) is 3.54. The van der Waals surface area contributed by atoms with Gasteiger partial charge in [0.15, 0.2) is 5.82 Å². The van der Waals surface area contributed by atoms with Crippen LogP contribution in [0.15, 0.2) is 73.1 Å². The number of para-hydroxylation sites is 1. The minimum Gasteiger partial charge on any atom is -0.363 e. The maximum Gasteiger partial charge on any atom is 0.163 e. The van der Waals surface area contributed by atoms with Crippen LogP contribution in [-0.4, -0.2) is 15.0 Å². The molecule has 1 N–H and O–H groups in total. The van der Waals surface area contributed by atoms with Gasteiger partial charge in [-0.1, -0.05) is 36.4 Å². The molecular formula is C22H20N4. The third-order valence-corrected chi connectivity index (χ3v) is 4.53. The molecule has 2 heterocycles. The van der Waals surface area contributed by atoms with E-state index in [1.165, 1.54) is 11.1 Å². The molecule has 4 heteroatoms. The third kappa shape index (κ3) is 3.14. The fraction of sp³-hybridized carbons (Fsp3) is 0.136. The van der Waals surface area contributed by atoms with Crippen LogP contribution < -0.4 is 5.32 Å². The summed E-state index contributed by atoms with van der Waals surface area (Å²) in [6.45, 7) is 4.29. The van der Waals surface area contributed by atoms with Gasteiger partial charge in [-0.15, -0.1) is 0 Å². The number of pyridine rings is 1. The monoisotopic (exact) mass is 340 g/mol. The first-order valence-electron chi connectivity index (χ1n) is 8.71. The van der Waals surface area contributed by atoms with Crippen molar-refractivity contribution in [1.82, 2.24) is 15.0 Å². The maximum absolute atomic E-state index is 4.80. The highest BCUT2D eigenvalue weighted by Crippen LogP contribution is 2.28. The lowest BCUT2D eigenvalue weighted by Gasteiger charge is -2.19. The van der Waals surface area contributed by atoms with E-state index < -0.39 is 0 Å². The van der Waals surface area contributed by atoms with E-state index in [0.29, 0.717) is 5.82 Å². The van der Waals surface area contributed by atoms with Crippen LogP contribution >= 0.6 is 0 Å². The molecule has 0 amide bonds. The molecule has 26 heavy (non-hydrogen) atoms. The first-order valence-corrected chi connectivity index (χ1v) is 8.71. The van der Waals surface area contributed by atoms with Crippen molar-refractivity contribution in [2.75, 3.05) is 5.32 Å². The van der Waals surface area contributed by atoms with Gasteiger partial charge in [0.2, 0.25) is 0 Å². The summed E-state index contributed by atoms with van der Waals surface area (Å²) in [5.74, 6) is 1.52. The third-order valence-electron chi connectivity index (χ3n) is 4.53. The van der Waals surface area contributed by atoms with Gasteiger partial charge in [-0.05, 0) is 49.2 Å². The van der Waals surface area contributed by atoms with Gasteiger partial charge in [0.05, 0.1) is 11.6 Å². The van der Waals surface area contributed by atoms with Crippen LogP contribution in [0.5, 0.6) is 0 Å². The van der Waals surface area contributed by atoms with Crippen LogP contribution in [0.1, 0.15) is 24.1 Å². The van der Waals surface area contributed by atoms with Crippen molar-refractivity contribution in [1.29, 1.82) is 0 Å². The molecule has 4 nitrogen and oxygen atoms in total. The van der Waals surface area contributed by atoms with Crippen molar-refractivity contribution in [3.05, 3.63) is 84.2 Å². The number of aryl methyl sites for hydroxylation is 1. The average Bonchev–Trinajstić information content (AvgIpc) is 2.69. The van der Waals surface area contributed by atoms with Crippen molar-refractivity contribution < 1.29 is 0 Å². The zero-order chi connectivity index (χ0) is 17.9. The lowest BCUT2D eigenvalue weighted by Crippen LogP contribution is -2.10. The van der Waals surface area contributed by atoms with Crippen molar-refractivity contribution in [2.24, 2.45) is 0 Å². The number of nitrogens with zero attached hydrogens (tertiary/aromatic N) is 3. The molecule has 4 rings (SSSR count). The summed E-state index contributed by atoms with van der Waals surface area (Å²) >= 11 is 0. The van der Waals surface area contributed by atoms with Crippen molar-refractivity contribution in [2.45, 2.75) is 19.9 Å². The quantitative estimate of drug-likeness (QED) is 0.556. The van der Waals surface area contributed by atoms with Gasteiger partial charge in [0.25, 0.3) is 0 Å². The standard InChI is InChI=1S/C22H20N4/c1-15-8-3-4-10-18(15)16(2)24-22-19-11-5-6-12-20(19)25-21(26-22)17-9-7-13-23-14-17/h3-14,16H,1-2H3,(H,24,25,26). The number of benzene rings is 2. The molecule has 0 aliphatic heterocycles. The van der Waals surface area contributed by atoms with Gasteiger partial charge in [0, 0.05) is 23.3 Å². The summed E-state index contributed by atoms with van der Waals surface area (Å²) in [4.78, 5) is 13.7. The van der Waals surface area contributed by atoms with E-state index in [9.17, 15) is 0 Å². The Labute approximate surface area is 153 Å². The second-order valence-corrected chi connectivity index (χ2v) is 6.38. The topological polar surface area (TPSA) is 50.7 Å². The number of hydrogen-bond acceptors (Lipinski definition) is 4. The smallest absolute Gasteiger partial charge is 0.163 e. The number of hydrogen-bond donors (Lipinski definition) is 1. The first-order chi connectivity index (χ1) is 12.7. The van der Waals surface area contributed by atoms with E-state index in [1.807, 2.05) is 30.3 Å². The molecule has 4 aromatic rings. The zero-order valence-corrected chi connectivity index (χ0v) is 14.8. The molecule has 128 valence electrons. The lowest BCUT2D eigenvalue weighted by atomic mass is 10.0. The van der Waals surface area contributed by atoms with Crippen LogP contribution in [0.4, 0.5) is 5.82 Å². The lowest BCUT2D eigenvalue weighted by molar-refractivity contribution is 0.866. The molecule has 0 radical (unpaired) electrons. The average molecular weight is 340 g/mol. The van der Waals surface area contributed by atoms with E-state index in [4.69, 9.17) is 9.97 Å². The fourth-order valence-electron chi connectivity index (χ4n) is 3.17. The molecule has 0 spiro atoms. The minimum absolute atomic E-state index is 0.135.